The molecule has 36 heavy (non-hydrogen) atoms. The largest absolute Gasteiger partial charge is 0.481 e. The summed E-state index contributed by atoms with van der Waals surface area (Å²) in [6.07, 6.45) is -9.22. The van der Waals surface area contributed by atoms with Crippen LogP contribution < -0.4 is 5.32 Å². The number of carboxylic acid groups (broad SMARTS) is 1. The lowest BCUT2D eigenvalue weighted by Crippen LogP contribution is -2.15. The highest BCUT2D eigenvalue weighted by molar-refractivity contribution is 5.80. The molecular formula is C26H22F7NO2. The van der Waals surface area contributed by atoms with E-state index in [9.17, 15) is 40.6 Å². The molecule has 2 N–H and O–H groups in total. The summed E-state index contributed by atoms with van der Waals surface area (Å²) in [6.45, 7) is 3.62. The van der Waals surface area contributed by atoms with E-state index in [0.717, 1.165) is 24.3 Å². The van der Waals surface area contributed by atoms with Crippen LogP contribution in [0.3, 0.4) is 0 Å². The van der Waals surface area contributed by atoms with Gasteiger partial charge in [0.1, 0.15) is 5.82 Å². The van der Waals surface area contributed by atoms with Gasteiger partial charge >= 0.3 is 18.3 Å². The van der Waals surface area contributed by atoms with Crippen molar-refractivity contribution >= 4 is 17.3 Å². The number of carboxylic acids is 1. The summed E-state index contributed by atoms with van der Waals surface area (Å²) >= 11 is 0. The van der Waals surface area contributed by atoms with Gasteiger partial charge in [0.15, 0.2) is 0 Å². The van der Waals surface area contributed by atoms with E-state index in [0.29, 0.717) is 17.2 Å². The van der Waals surface area contributed by atoms with E-state index in [4.69, 9.17) is 0 Å². The quantitative estimate of drug-likeness (QED) is 0.312. The molecule has 1 atom stereocenters. The summed E-state index contributed by atoms with van der Waals surface area (Å²) in [5.74, 6) is -3.30. The fraction of sp³-hybridized carbons (Fsp3) is 0.269. The summed E-state index contributed by atoms with van der Waals surface area (Å²) in [7, 11) is 0. The van der Waals surface area contributed by atoms with Crippen LogP contribution in [0.4, 0.5) is 42.1 Å². The second kappa shape index (κ2) is 10.2. The van der Waals surface area contributed by atoms with Gasteiger partial charge in [-0.15, -0.1) is 0 Å². The van der Waals surface area contributed by atoms with Gasteiger partial charge in [-0.25, -0.2) is 4.39 Å². The Morgan fingerprint density at radius 1 is 0.861 bits per heavy atom. The van der Waals surface area contributed by atoms with E-state index in [-0.39, 0.29) is 23.6 Å². The van der Waals surface area contributed by atoms with Gasteiger partial charge in [0.2, 0.25) is 0 Å². The van der Waals surface area contributed by atoms with Gasteiger partial charge < -0.3 is 10.4 Å². The molecule has 0 aliphatic heterocycles. The molecule has 0 aliphatic carbocycles. The van der Waals surface area contributed by atoms with Crippen molar-refractivity contribution in [2.75, 3.05) is 5.32 Å². The van der Waals surface area contributed by atoms with Crippen molar-refractivity contribution in [2.45, 2.75) is 38.5 Å². The molecule has 10 heteroatoms. The average Bonchev–Trinajstić information content (AvgIpc) is 2.77. The number of anilines is 2. The standard InChI is InChI=1S/C26H22F7NO2/c1-14(2)9-21(24(35)36)17-10-16(15-3-5-18(6-4-15)25(28,29)30)11-20(12-17)34-23-8-7-19(27)13-22(23)26(31,32)33/h3-8,10-14,21,34H,9H2,1-2H3,(H,35,36). The Morgan fingerprint density at radius 3 is 2.03 bits per heavy atom. The number of aliphatic carboxylic acids is 1. The molecule has 0 saturated heterocycles. The Balaban J connectivity index is 2.15. The molecule has 0 spiro atoms. The zero-order valence-electron chi connectivity index (χ0n) is 19.1. The van der Waals surface area contributed by atoms with Gasteiger partial charge in [0.25, 0.3) is 0 Å². The molecule has 3 aromatic carbocycles. The van der Waals surface area contributed by atoms with Crippen LogP contribution >= 0.6 is 0 Å². The van der Waals surface area contributed by atoms with Crippen molar-refractivity contribution in [3.05, 3.63) is 83.2 Å². The molecule has 0 fully saturated rings. The summed E-state index contributed by atoms with van der Waals surface area (Å²) in [4.78, 5) is 12.0. The minimum atomic E-state index is -4.88. The number of hydrogen-bond acceptors (Lipinski definition) is 2. The molecule has 0 heterocycles. The molecule has 0 saturated carbocycles. The third kappa shape index (κ3) is 6.56. The summed E-state index contributed by atoms with van der Waals surface area (Å²) in [5.41, 5.74) is -1.69. The first-order valence-electron chi connectivity index (χ1n) is 10.8. The van der Waals surface area contributed by atoms with E-state index in [1.54, 1.807) is 0 Å². The smallest absolute Gasteiger partial charge is 0.418 e. The van der Waals surface area contributed by atoms with Crippen LogP contribution in [0.15, 0.2) is 60.7 Å². The molecule has 0 radical (unpaired) electrons. The number of halogens is 7. The van der Waals surface area contributed by atoms with Crippen LogP contribution in [0.25, 0.3) is 11.1 Å². The van der Waals surface area contributed by atoms with E-state index in [2.05, 4.69) is 5.32 Å². The van der Waals surface area contributed by atoms with Crippen LogP contribution in [0.2, 0.25) is 0 Å². The lowest BCUT2D eigenvalue weighted by molar-refractivity contribution is -0.139. The SMILES string of the molecule is CC(C)CC(C(=O)O)c1cc(Nc2ccc(F)cc2C(F)(F)F)cc(-c2ccc(C(F)(F)F)cc2)c1. The normalized spacial score (nSPS) is 13.1. The van der Waals surface area contributed by atoms with Crippen LogP contribution in [-0.2, 0) is 17.1 Å². The Morgan fingerprint density at radius 2 is 1.50 bits per heavy atom. The van der Waals surface area contributed by atoms with Crippen molar-refractivity contribution in [3.8, 4) is 11.1 Å². The first-order valence-corrected chi connectivity index (χ1v) is 10.8. The highest BCUT2D eigenvalue weighted by atomic mass is 19.4. The van der Waals surface area contributed by atoms with E-state index >= 15 is 0 Å². The molecule has 3 rings (SSSR count). The molecule has 3 aromatic rings. The lowest BCUT2D eigenvalue weighted by atomic mass is 9.88. The molecule has 0 aliphatic rings. The van der Waals surface area contributed by atoms with E-state index in [1.807, 2.05) is 13.8 Å². The Bertz CT molecular complexity index is 1230. The van der Waals surface area contributed by atoms with Gasteiger partial charge in [-0.1, -0.05) is 32.0 Å². The molecule has 192 valence electrons. The zero-order chi connectivity index (χ0) is 26.8. The molecule has 3 nitrogen and oxygen atoms in total. The van der Waals surface area contributed by atoms with Gasteiger partial charge in [0, 0.05) is 5.69 Å². The second-order valence-electron chi connectivity index (χ2n) is 8.75. The van der Waals surface area contributed by atoms with Gasteiger partial charge in [-0.05, 0) is 71.5 Å². The predicted molar refractivity (Wildman–Crippen MR) is 121 cm³/mol. The Kier molecular flexibility index (Phi) is 7.66. The van der Waals surface area contributed by atoms with Gasteiger partial charge in [-0.2, -0.15) is 26.3 Å². The fourth-order valence-corrected chi connectivity index (χ4v) is 3.81. The van der Waals surface area contributed by atoms with Crippen molar-refractivity contribution in [1.29, 1.82) is 0 Å². The zero-order valence-corrected chi connectivity index (χ0v) is 19.1. The molecular weight excluding hydrogens is 491 g/mol. The highest BCUT2D eigenvalue weighted by Gasteiger charge is 2.34. The first-order chi connectivity index (χ1) is 16.6. The Hall–Kier alpha value is -3.56. The minimum absolute atomic E-state index is 0.0360. The van der Waals surface area contributed by atoms with E-state index in [1.165, 1.54) is 30.3 Å². The predicted octanol–water partition coefficient (Wildman–Crippen LogP) is 8.49. The maximum Gasteiger partial charge on any atom is 0.418 e. The molecule has 0 amide bonds. The van der Waals surface area contributed by atoms with Crippen LogP contribution in [0, 0.1) is 11.7 Å². The average molecular weight is 513 g/mol. The molecule has 0 bridgehead atoms. The summed E-state index contributed by atoms with van der Waals surface area (Å²) in [6, 6.07) is 10.5. The number of hydrogen-bond donors (Lipinski definition) is 2. The number of benzene rings is 3. The fourth-order valence-electron chi connectivity index (χ4n) is 3.81. The monoisotopic (exact) mass is 513 g/mol. The molecule has 0 aromatic heterocycles. The number of rotatable bonds is 7. The van der Waals surface area contributed by atoms with Crippen LogP contribution in [0.1, 0.15) is 42.9 Å². The number of carbonyl (C=O) groups is 1. The van der Waals surface area contributed by atoms with Gasteiger partial charge in [-0.3, -0.25) is 4.79 Å². The van der Waals surface area contributed by atoms with Crippen molar-refractivity contribution in [3.63, 3.8) is 0 Å². The maximum atomic E-state index is 13.5. The van der Waals surface area contributed by atoms with Gasteiger partial charge in [0.05, 0.1) is 22.7 Å². The van der Waals surface area contributed by atoms with Crippen molar-refractivity contribution < 1.29 is 40.6 Å². The molecule has 1 unspecified atom stereocenters. The van der Waals surface area contributed by atoms with Crippen LogP contribution in [-0.4, -0.2) is 11.1 Å². The summed E-state index contributed by atoms with van der Waals surface area (Å²) < 4.78 is 92.9. The topological polar surface area (TPSA) is 49.3 Å². The highest BCUT2D eigenvalue weighted by Crippen LogP contribution is 2.39. The lowest BCUT2D eigenvalue weighted by Gasteiger charge is -2.20. The van der Waals surface area contributed by atoms with Crippen molar-refractivity contribution in [2.24, 2.45) is 5.92 Å². The van der Waals surface area contributed by atoms with E-state index < -0.39 is 46.9 Å². The number of nitrogens with one attached hydrogen (secondary N) is 1. The number of alkyl halides is 6. The van der Waals surface area contributed by atoms with Crippen molar-refractivity contribution in [1.82, 2.24) is 0 Å². The minimum Gasteiger partial charge on any atom is -0.481 e. The first kappa shape index (κ1) is 27.0. The third-order valence-corrected chi connectivity index (χ3v) is 5.47. The third-order valence-electron chi connectivity index (χ3n) is 5.47. The Labute approximate surface area is 202 Å². The second-order valence-corrected chi connectivity index (χ2v) is 8.75. The summed E-state index contributed by atoms with van der Waals surface area (Å²) in [5, 5.41) is 12.4. The van der Waals surface area contributed by atoms with Crippen LogP contribution in [0.5, 0.6) is 0 Å². The maximum absolute atomic E-state index is 13.5.